The van der Waals surface area contributed by atoms with E-state index in [2.05, 4.69) is 0 Å². The molecule has 0 radical (unpaired) electrons. The number of aryl methyl sites for hydroxylation is 2. The predicted octanol–water partition coefficient (Wildman–Crippen LogP) is 6.53. The van der Waals surface area contributed by atoms with Crippen LogP contribution in [0.15, 0.2) is 57.9 Å². The molecule has 6 nitrogen and oxygen atoms in total. The first-order valence-corrected chi connectivity index (χ1v) is 10.7. The Bertz CT molecular complexity index is 1260. The van der Waals surface area contributed by atoms with Gasteiger partial charge >= 0.3 is 0 Å². The second-order valence-electron chi connectivity index (χ2n) is 6.88. The summed E-state index contributed by atoms with van der Waals surface area (Å²) in [6.45, 7) is 3.88. The standard InChI is InChI=1S/C22H15ClN2O4S2/c1-12-4-3-5-13(2)20(12)24-21(26)19(31-22(24)30)11-15-7-9-18(29-15)16-8-6-14(25(27)28)10-17(16)23/h3-11H,1-2H3/b19-11+. The first kappa shape index (κ1) is 21.3. The fraction of sp³-hybridized carbons (Fsp3) is 0.0909. The van der Waals surface area contributed by atoms with Gasteiger partial charge in [0.1, 0.15) is 11.5 Å². The Hall–Kier alpha value is -2.94. The number of carbonyl (C=O) groups excluding carboxylic acids is 1. The summed E-state index contributed by atoms with van der Waals surface area (Å²) >= 11 is 12.9. The number of nitro groups is 1. The Morgan fingerprint density at radius 3 is 2.52 bits per heavy atom. The second kappa shape index (κ2) is 8.30. The zero-order valence-electron chi connectivity index (χ0n) is 16.4. The molecule has 9 heteroatoms. The molecule has 0 unspecified atom stereocenters. The van der Waals surface area contributed by atoms with E-state index in [1.54, 1.807) is 23.1 Å². The molecule has 0 N–H and O–H groups in total. The summed E-state index contributed by atoms with van der Waals surface area (Å²) in [6.07, 6.45) is 1.63. The second-order valence-corrected chi connectivity index (χ2v) is 8.96. The first-order valence-electron chi connectivity index (χ1n) is 9.14. The van der Waals surface area contributed by atoms with Gasteiger partial charge in [-0.2, -0.15) is 0 Å². The highest BCUT2D eigenvalue weighted by Gasteiger charge is 2.35. The number of amides is 1. The Balaban J connectivity index is 1.64. The van der Waals surface area contributed by atoms with Crippen LogP contribution in [0.25, 0.3) is 17.4 Å². The summed E-state index contributed by atoms with van der Waals surface area (Å²) < 4.78 is 6.28. The van der Waals surface area contributed by atoms with Crippen molar-refractivity contribution in [3.05, 3.63) is 85.5 Å². The first-order chi connectivity index (χ1) is 14.8. The van der Waals surface area contributed by atoms with Crippen LogP contribution in [0.3, 0.4) is 0 Å². The third-order valence-corrected chi connectivity index (χ3v) is 6.40. The van der Waals surface area contributed by atoms with E-state index in [1.165, 1.54) is 30.0 Å². The number of para-hydroxylation sites is 1. The molecule has 1 amide bonds. The number of nitro benzene ring substituents is 1. The molecule has 3 aromatic rings. The fourth-order valence-corrected chi connectivity index (χ4v) is 4.86. The molecular formula is C22H15ClN2O4S2. The Morgan fingerprint density at radius 2 is 1.87 bits per heavy atom. The Labute approximate surface area is 192 Å². The van der Waals surface area contributed by atoms with Gasteiger partial charge in [0.2, 0.25) is 0 Å². The molecule has 0 bridgehead atoms. The molecule has 1 saturated heterocycles. The van der Waals surface area contributed by atoms with Crippen molar-refractivity contribution in [3.63, 3.8) is 0 Å². The summed E-state index contributed by atoms with van der Waals surface area (Å²) in [6, 6.07) is 13.4. The number of carbonyl (C=O) groups is 1. The average Bonchev–Trinajstić information content (AvgIpc) is 3.27. The van der Waals surface area contributed by atoms with Crippen LogP contribution >= 0.6 is 35.6 Å². The maximum Gasteiger partial charge on any atom is 0.270 e. The van der Waals surface area contributed by atoms with E-state index in [4.69, 9.17) is 28.2 Å². The summed E-state index contributed by atoms with van der Waals surface area (Å²) in [4.78, 5) is 25.5. The van der Waals surface area contributed by atoms with Crippen LogP contribution < -0.4 is 4.90 Å². The number of benzene rings is 2. The van der Waals surface area contributed by atoms with E-state index in [0.29, 0.717) is 26.3 Å². The monoisotopic (exact) mass is 470 g/mol. The molecule has 1 aliphatic rings. The van der Waals surface area contributed by atoms with Gasteiger partial charge in [0, 0.05) is 23.8 Å². The number of rotatable bonds is 4. The van der Waals surface area contributed by atoms with Crippen LogP contribution in [-0.2, 0) is 4.79 Å². The van der Waals surface area contributed by atoms with Gasteiger partial charge in [-0.15, -0.1) is 0 Å². The zero-order chi connectivity index (χ0) is 22.3. The lowest BCUT2D eigenvalue weighted by Gasteiger charge is -2.19. The highest BCUT2D eigenvalue weighted by atomic mass is 35.5. The summed E-state index contributed by atoms with van der Waals surface area (Å²) in [7, 11) is 0. The van der Waals surface area contributed by atoms with Crippen LogP contribution in [0.5, 0.6) is 0 Å². The van der Waals surface area contributed by atoms with Crippen molar-refractivity contribution in [2.45, 2.75) is 13.8 Å². The van der Waals surface area contributed by atoms with E-state index in [1.807, 2.05) is 32.0 Å². The zero-order valence-corrected chi connectivity index (χ0v) is 18.8. The quantitative estimate of drug-likeness (QED) is 0.187. The molecule has 0 spiro atoms. The van der Waals surface area contributed by atoms with Gasteiger partial charge in [-0.05, 0) is 43.2 Å². The molecule has 156 valence electrons. The number of nitrogens with zero attached hydrogens (tertiary/aromatic N) is 2. The van der Waals surface area contributed by atoms with Crippen LogP contribution in [0.1, 0.15) is 16.9 Å². The van der Waals surface area contributed by atoms with Crippen molar-refractivity contribution in [3.8, 4) is 11.3 Å². The maximum absolute atomic E-state index is 13.1. The number of anilines is 1. The SMILES string of the molecule is Cc1cccc(C)c1N1C(=O)/C(=C\c2ccc(-c3ccc([N+](=O)[O-])cc3Cl)o2)SC1=S. The molecule has 1 aromatic heterocycles. The third-order valence-electron chi connectivity index (χ3n) is 4.79. The highest BCUT2D eigenvalue weighted by molar-refractivity contribution is 8.27. The normalized spacial score (nSPS) is 15.2. The van der Waals surface area contributed by atoms with E-state index in [0.717, 1.165) is 16.8 Å². The van der Waals surface area contributed by atoms with Crippen molar-refractivity contribution in [2.24, 2.45) is 0 Å². The van der Waals surface area contributed by atoms with Crippen molar-refractivity contribution in [1.29, 1.82) is 0 Å². The van der Waals surface area contributed by atoms with Crippen LogP contribution in [0.4, 0.5) is 11.4 Å². The number of hydrogen-bond acceptors (Lipinski definition) is 6. The smallest absolute Gasteiger partial charge is 0.270 e. The van der Waals surface area contributed by atoms with E-state index < -0.39 is 4.92 Å². The van der Waals surface area contributed by atoms with Crippen molar-refractivity contribution >= 4 is 63.3 Å². The molecule has 31 heavy (non-hydrogen) atoms. The van der Waals surface area contributed by atoms with Gasteiger partial charge in [-0.25, -0.2) is 0 Å². The maximum atomic E-state index is 13.1. The molecule has 0 atom stereocenters. The molecular weight excluding hydrogens is 456 g/mol. The molecule has 4 rings (SSSR count). The third kappa shape index (κ3) is 4.01. The number of non-ortho nitro benzene ring substituents is 1. The van der Waals surface area contributed by atoms with Crippen molar-refractivity contribution in [2.75, 3.05) is 4.90 Å². The fourth-order valence-electron chi connectivity index (χ4n) is 3.34. The summed E-state index contributed by atoms with van der Waals surface area (Å²) in [5.41, 5.74) is 3.15. The number of thiocarbonyl (C=S) groups is 1. The van der Waals surface area contributed by atoms with E-state index in [9.17, 15) is 14.9 Å². The minimum Gasteiger partial charge on any atom is -0.457 e. The lowest BCUT2D eigenvalue weighted by atomic mass is 10.1. The van der Waals surface area contributed by atoms with E-state index >= 15 is 0 Å². The van der Waals surface area contributed by atoms with Gasteiger partial charge in [0.25, 0.3) is 11.6 Å². The minimum atomic E-state index is -0.513. The molecule has 0 aliphatic carbocycles. The van der Waals surface area contributed by atoms with Crippen LogP contribution in [-0.4, -0.2) is 15.2 Å². The lowest BCUT2D eigenvalue weighted by molar-refractivity contribution is -0.384. The largest absolute Gasteiger partial charge is 0.457 e. The summed E-state index contributed by atoms with van der Waals surface area (Å²) in [5, 5.41) is 11.1. The number of halogens is 1. The molecule has 0 saturated carbocycles. The highest BCUT2D eigenvalue weighted by Crippen LogP contribution is 2.39. The summed E-state index contributed by atoms with van der Waals surface area (Å²) in [5.74, 6) is 0.682. The average molecular weight is 471 g/mol. The van der Waals surface area contributed by atoms with Gasteiger partial charge < -0.3 is 4.42 Å². The van der Waals surface area contributed by atoms with Gasteiger partial charge in [0.05, 0.1) is 20.5 Å². The van der Waals surface area contributed by atoms with Crippen molar-refractivity contribution < 1.29 is 14.1 Å². The topological polar surface area (TPSA) is 76.6 Å². The minimum absolute atomic E-state index is 0.101. The number of furan rings is 1. The Morgan fingerprint density at radius 1 is 1.16 bits per heavy atom. The number of hydrogen-bond donors (Lipinski definition) is 0. The van der Waals surface area contributed by atoms with Crippen LogP contribution in [0.2, 0.25) is 5.02 Å². The molecule has 2 aromatic carbocycles. The molecule has 1 fully saturated rings. The van der Waals surface area contributed by atoms with E-state index in [-0.39, 0.29) is 16.6 Å². The van der Waals surface area contributed by atoms with Gasteiger partial charge in [0.15, 0.2) is 4.32 Å². The molecule has 2 heterocycles. The van der Waals surface area contributed by atoms with Gasteiger partial charge in [-0.3, -0.25) is 19.8 Å². The predicted molar refractivity (Wildman–Crippen MR) is 127 cm³/mol. The lowest BCUT2D eigenvalue weighted by Crippen LogP contribution is -2.29. The van der Waals surface area contributed by atoms with Gasteiger partial charge in [-0.1, -0.05) is 53.8 Å². The molecule has 1 aliphatic heterocycles. The Kier molecular flexibility index (Phi) is 5.70. The van der Waals surface area contributed by atoms with Crippen LogP contribution in [0, 0.1) is 24.0 Å². The number of thioether (sulfide) groups is 1. The van der Waals surface area contributed by atoms with Crippen molar-refractivity contribution in [1.82, 2.24) is 0 Å².